The van der Waals surface area contributed by atoms with Crippen LogP contribution < -0.4 is 10.1 Å². The molecule has 2 rings (SSSR count). The lowest BCUT2D eigenvalue weighted by molar-refractivity contribution is -0.125. The van der Waals surface area contributed by atoms with Gasteiger partial charge in [0.25, 0.3) is 0 Å². The maximum Gasteiger partial charge on any atom is 0.237 e. The van der Waals surface area contributed by atoms with E-state index in [2.05, 4.69) is 10.3 Å². The van der Waals surface area contributed by atoms with Gasteiger partial charge in [0.2, 0.25) is 11.8 Å². The first-order valence-corrected chi connectivity index (χ1v) is 6.77. The van der Waals surface area contributed by atoms with Crippen LogP contribution >= 0.6 is 11.6 Å². The Morgan fingerprint density at radius 2 is 2.45 bits per heavy atom. The van der Waals surface area contributed by atoms with Crippen molar-refractivity contribution in [1.29, 1.82) is 0 Å². The Morgan fingerprint density at radius 1 is 1.70 bits per heavy atom. The molecule has 5 nitrogen and oxygen atoms in total. The second-order valence-corrected chi connectivity index (χ2v) is 5.14. The summed E-state index contributed by atoms with van der Waals surface area (Å²) >= 11 is 5.59. The Hall–Kier alpha value is -1.40. The number of amides is 1. The number of likely N-dealkylation sites (N-methyl/N-ethyl adjacent to an activating group) is 1. The lowest BCUT2D eigenvalue weighted by Gasteiger charge is -2.19. The zero-order chi connectivity index (χ0) is 14.7. The fraction of sp³-hybridized carbons (Fsp3) is 0.538. The summed E-state index contributed by atoms with van der Waals surface area (Å²) in [7, 11) is 3.34. The van der Waals surface area contributed by atoms with E-state index in [1.54, 1.807) is 0 Å². The number of methoxy groups -OCH3 is 1. The Labute approximate surface area is 122 Å². The maximum absolute atomic E-state index is 13.4. The third-order valence-electron chi connectivity index (χ3n) is 3.44. The first-order chi connectivity index (χ1) is 9.52. The van der Waals surface area contributed by atoms with Crippen molar-refractivity contribution < 1.29 is 13.9 Å². The Balaban J connectivity index is 2.03. The van der Waals surface area contributed by atoms with Gasteiger partial charge in [0.1, 0.15) is 0 Å². The molecular formula is C13H17ClFN3O2. The number of carbonyl (C=O) groups excluding carboxylic acids is 1. The largest absolute Gasteiger partial charge is 0.481 e. The molecule has 1 saturated heterocycles. The minimum atomic E-state index is -0.630. The highest BCUT2D eigenvalue weighted by Crippen LogP contribution is 2.22. The quantitative estimate of drug-likeness (QED) is 0.858. The highest BCUT2D eigenvalue weighted by molar-refractivity contribution is 6.29. The minimum absolute atomic E-state index is 0.0672. The van der Waals surface area contributed by atoms with Crippen LogP contribution in [-0.4, -0.2) is 42.5 Å². The van der Waals surface area contributed by atoms with E-state index in [-0.39, 0.29) is 29.5 Å². The molecule has 0 radical (unpaired) electrons. The number of halogens is 2. The van der Waals surface area contributed by atoms with Gasteiger partial charge in [-0.2, -0.15) is 4.98 Å². The van der Waals surface area contributed by atoms with E-state index in [4.69, 9.17) is 16.3 Å². The molecule has 0 spiro atoms. The van der Waals surface area contributed by atoms with E-state index < -0.39 is 5.82 Å². The van der Waals surface area contributed by atoms with Crippen LogP contribution in [0.1, 0.15) is 18.4 Å². The summed E-state index contributed by atoms with van der Waals surface area (Å²) < 4.78 is 18.4. The highest BCUT2D eigenvalue weighted by atomic mass is 35.5. The lowest BCUT2D eigenvalue weighted by Crippen LogP contribution is -2.41. The Bertz CT molecular complexity index is 513. The molecule has 0 saturated carbocycles. The van der Waals surface area contributed by atoms with Gasteiger partial charge in [0.15, 0.2) is 11.0 Å². The van der Waals surface area contributed by atoms with Crippen molar-refractivity contribution in [1.82, 2.24) is 15.2 Å². The smallest absolute Gasteiger partial charge is 0.237 e. The molecule has 20 heavy (non-hydrogen) atoms. The molecular weight excluding hydrogens is 285 g/mol. The van der Waals surface area contributed by atoms with Gasteiger partial charge in [-0.3, -0.25) is 9.69 Å². The molecule has 0 bridgehead atoms. The van der Waals surface area contributed by atoms with Crippen LogP contribution in [0.2, 0.25) is 5.15 Å². The van der Waals surface area contributed by atoms with Crippen LogP contribution in [0.5, 0.6) is 5.88 Å². The average molecular weight is 302 g/mol. The van der Waals surface area contributed by atoms with Crippen molar-refractivity contribution in [3.8, 4) is 5.88 Å². The molecule has 1 atom stereocenters. The van der Waals surface area contributed by atoms with Crippen molar-refractivity contribution >= 4 is 17.5 Å². The topological polar surface area (TPSA) is 54.5 Å². The molecule has 0 aromatic carbocycles. The zero-order valence-corrected chi connectivity index (χ0v) is 12.2. The van der Waals surface area contributed by atoms with Crippen LogP contribution in [0.25, 0.3) is 0 Å². The van der Waals surface area contributed by atoms with Gasteiger partial charge in [0.05, 0.1) is 13.2 Å². The molecule has 7 heteroatoms. The van der Waals surface area contributed by atoms with E-state index in [1.165, 1.54) is 13.2 Å². The number of hydrogen-bond donors (Lipinski definition) is 1. The average Bonchev–Trinajstić information content (AvgIpc) is 2.85. The molecule has 1 aliphatic rings. The normalized spacial score (nSPS) is 19.1. The minimum Gasteiger partial charge on any atom is -0.481 e. The van der Waals surface area contributed by atoms with Crippen molar-refractivity contribution in [2.24, 2.45) is 0 Å². The Morgan fingerprint density at radius 3 is 3.05 bits per heavy atom. The third kappa shape index (κ3) is 3.19. The van der Waals surface area contributed by atoms with E-state index in [9.17, 15) is 9.18 Å². The van der Waals surface area contributed by atoms with Crippen molar-refractivity contribution in [3.63, 3.8) is 0 Å². The summed E-state index contributed by atoms with van der Waals surface area (Å²) in [5.41, 5.74) is 0.461. The van der Waals surface area contributed by atoms with Crippen LogP contribution in [0, 0.1) is 5.82 Å². The Kier molecular flexibility index (Phi) is 4.77. The molecule has 1 fully saturated rings. The van der Waals surface area contributed by atoms with Crippen LogP contribution in [-0.2, 0) is 11.3 Å². The first-order valence-electron chi connectivity index (χ1n) is 6.39. The molecule has 1 aliphatic heterocycles. The van der Waals surface area contributed by atoms with Crippen LogP contribution in [0.15, 0.2) is 6.07 Å². The molecule has 0 aliphatic carbocycles. The van der Waals surface area contributed by atoms with E-state index >= 15 is 0 Å². The van der Waals surface area contributed by atoms with Gasteiger partial charge in [-0.1, -0.05) is 11.6 Å². The fourth-order valence-corrected chi connectivity index (χ4v) is 2.46. The number of pyridine rings is 1. The molecule has 1 N–H and O–H groups in total. The monoisotopic (exact) mass is 301 g/mol. The molecule has 110 valence electrons. The molecule has 1 aromatic heterocycles. The summed E-state index contributed by atoms with van der Waals surface area (Å²) in [6.45, 7) is 1.08. The van der Waals surface area contributed by atoms with E-state index in [0.717, 1.165) is 19.4 Å². The maximum atomic E-state index is 13.4. The number of aromatic nitrogens is 1. The van der Waals surface area contributed by atoms with E-state index in [0.29, 0.717) is 5.56 Å². The van der Waals surface area contributed by atoms with Gasteiger partial charge in [-0.25, -0.2) is 4.39 Å². The lowest BCUT2D eigenvalue weighted by atomic mass is 10.2. The summed E-state index contributed by atoms with van der Waals surface area (Å²) in [5.74, 6) is -0.478. The summed E-state index contributed by atoms with van der Waals surface area (Å²) in [5, 5.41) is 2.54. The second-order valence-electron chi connectivity index (χ2n) is 4.79. The number of rotatable bonds is 4. The molecule has 1 unspecified atom stereocenters. The van der Waals surface area contributed by atoms with Gasteiger partial charge in [-0.15, -0.1) is 0 Å². The van der Waals surface area contributed by atoms with Crippen LogP contribution in [0.4, 0.5) is 4.39 Å². The molecule has 1 amide bonds. The third-order valence-corrected chi connectivity index (χ3v) is 3.71. The highest BCUT2D eigenvalue weighted by Gasteiger charge is 2.27. The zero-order valence-electron chi connectivity index (χ0n) is 11.4. The number of nitrogens with zero attached hydrogens (tertiary/aromatic N) is 2. The van der Waals surface area contributed by atoms with Gasteiger partial charge >= 0.3 is 0 Å². The summed E-state index contributed by atoms with van der Waals surface area (Å²) in [6.07, 6.45) is 1.85. The second kappa shape index (κ2) is 6.37. The van der Waals surface area contributed by atoms with Crippen molar-refractivity contribution in [3.05, 3.63) is 22.6 Å². The van der Waals surface area contributed by atoms with Crippen molar-refractivity contribution in [2.75, 3.05) is 20.7 Å². The van der Waals surface area contributed by atoms with Crippen LogP contribution in [0.3, 0.4) is 0 Å². The van der Waals surface area contributed by atoms with Gasteiger partial charge in [-0.05, 0) is 32.5 Å². The summed E-state index contributed by atoms with van der Waals surface area (Å²) in [6, 6.07) is 1.11. The standard InChI is InChI=1S/C13H17ClFN3O2/c1-18-5-3-4-10(18)12(19)16-7-8-6-9(15)11(14)17-13(8)20-2/h6,10H,3-5,7H2,1-2H3,(H,16,19). The number of hydrogen-bond acceptors (Lipinski definition) is 4. The number of carbonyl (C=O) groups is 1. The predicted octanol–water partition coefficient (Wildman–Crippen LogP) is 1.59. The van der Waals surface area contributed by atoms with Crippen molar-refractivity contribution in [2.45, 2.75) is 25.4 Å². The molecule has 1 aromatic rings. The van der Waals surface area contributed by atoms with Gasteiger partial charge < -0.3 is 10.1 Å². The predicted molar refractivity (Wildman–Crippen MR) is 73.3 cm³/mol. The summed E-state index contributed by atoms with van der Waals surface area (Å²) in [4.78, 5) is 17.8. The van der Waals surface area contributed by atoms with Gasteiger partial charge in [0, 0.05) is 12.1 Å². The molecule has 2 heterocycles. The number of likely N-dealkylation sites (tertiary alicyclic amines) is 1. The van der Waals surface area contributed by atoms with E-state index in [1.807, 2.05) is 11.9 Å². The number of nitrogens with one attached hydrogen (secondary N) is 1. The first kappa shape index (κ1) is 15.0. The fourth-order valence-electron chi connectivity index (χ4n) is 2.33. The number of ether oxygens (including phenoxy) is 1. The SMILES string of the molecule is COc1nc(Cl)c(F)cc1CNC(=O)C1CCCN1C.